The number of hydrogen-bond acceptors (Lipinski definition) is 1. The van der Waals surface area contributed by atoms with Crippen LogP contribution in [0, 0.1) is 0 Å². The lowest BCUT2D eigenvalue weighted by Crippen LogP contribution is -1.79. The van der Waals surface area contributed by atoms with E-state index < -0.39 is 0 Å². The van der Waals surface area contributed by atoms with Gasteiger partial charge in [-0.25, -0.2) is 0 Å². The number of carbonyl (C=O) groups is 1. The van der Waals surface area contributed by atoms with Gasteiger partial charge < -0.3 is 4.79 Å². The first-order valence-electron chi connectivity index (χ1n) is 6.50. The van der Waals surface area contributed by atoms with Crippen molar-refractivity contribution in [3.63, 3.8) is 0 Å². The Balaban J connectivity index is 2.99. The summed E-state index contributed by atoms with van der Waals surface area (Å²) in [5, 5.41) is 0. The maximum atomic E-state index is 10.1. The molecule has 0 N–H and O–H groups in total. The van der Waals surface area contributed by atoms with Crippen LogP contribution in [0.1, 0.15) is 71.1 Å². The fraction of sp³-hybridized carbons (Fsp3) is 0.786. The molecule has 0 amide bonds. The van der Waals surface area contributed by atoms with E-state index in [0.717, 1.165) is 19.1 Å². The van der Waals surface area contributed by atoms with Gasteiger partial charge in [0.1, 0.15) is 6.29 Å². The zero-order chi connectivity index (χ0) is 11.2. The van der Waals surface area contributed by atoms with Crippen LogP contribution in [0.3, 0.4) is 0 Å². The van der Waals surface area contributed by atoms with Crippen molar-refractivity contribution in [2.75, 3.05) is 0 Å². The number of carbonyl (C=O) groups excluding carboxylic acids is 1. The van der Waals surface area contributed by atoms with Crippen LogP contribution >= 0.6 is 0 Å². The second-order valence-corrected chi connectivity index (χ2v) is 4.13. The summed E-state index contributed by atoms with van der Waals surface area (Å²) in [5.41, 5.74) is 0. The summed E-state index contributed by atoms with van der Waals surface area (Å²) in [4.78, 5) is 10.1. The third-order valence-electron chi connectivity index (χ3n) is 2.58. The van der Waals surface area contributed by atoms with Crippen LogP contribution in [0.4, 0.5) is 0 Å². The van der Waals surface area contributed by atoms with Gasteiger partial charge in [0.15, 0.2) is 0 Å². The predicted octanol–water partition coefficient (Wildman–Crippen LogP) is 4.66. The van der Waals surface area contributed by atoms with E-state index in [1.165, 1.54) is 51.4 Å². The standard InChI is InChI=1S/C14H26O/c1-2-3-4-5-6-7-8-9-10-11-12-13-14-15/h6-7,14H,2-5,8-13H2,1H3. The zero-order valence-electron chi connectivity index (χ0n) is 10.2. The highest BCUT2D eigenvalue weighted by Gasteiger charge is 1.88. The quantitative estimate of drug-likeness (QED) is 0.275. The van der Waals surface area contributed by atoms with E-state index in [9.17, 15) is 4.79 Å². The van der Waals surface area contributed by atoms with E-state index in [2.05, 4.69) is 19.1 Å². The average molecular weight is 210 g/mol. The van der Waals surface area contributed by atoms with Crippen LogP contribution in [0.2, 0.25) is 0 Å². The molecule has 15 heavy (non-hydrogen) atoms. The Morgan fingerprint density at radius 2 is 1.27 bits per heavy atom. The second-order valence-electron chi connectivity index (χ2n) is 4.13. The van der Waals surface area contributed by atoms with E-state index in [4.69, 9.17) is 0 Å². The van der Waals surface area contributed by atoms with Gasteiger partial charge >= 0.3 is 0 Å². The van der Waals surface area contributed by atoms with Crippen LogP contribution in [0.25, 0.3) is 0 Å². The van der Waals surface area contributed by atoms with Gasteiger partial charge in [0, 0.05) is 6.42 Å². The van der Waals surface area contributed by atoms with Crippen molar-refractivity contribution in [1.82, 2.24) is 0 Å². The highest BCUT2D eigenvalue weighted by Crippen LogP contribution is 2.06. The maximum Gasteiger partial charge on any atom is 0.119 e. The number of unbranched alkanes of at least 4 members (excludes halogenated alkanes) is 8. The van der Waals surface area contributed by atoms with Gasteiger partial charge in [-0.15, -0.1) is 0 Å². The minimum absolute atomic E-state index is 0.743. The molecule has 0 spiro atoms. The van der Waals surface area contributed by atoms with Crippen LogP contribution in [0.15, 0.2) is 12.2 Å². The molecule has 0 atom stereocenters. The lowest BCUT2D eigenvalue weighted by atomic mass is 10.1. The molecule has 0 aromatic carbocycles. The maximum absolute atomic E-state index is 10.1. The molecule has 0 aliphatic rings. The number of aldehydes is 1. The molecule has 88 valence electrons. The summed E-state index contributed by atoms with van der Waals surface area (Å²) in [6.07, 6.45) is 17.7. The predicted molar refractivity (Wildman–Crippen MR) is 67.0 cm³/mol. The van der Waals surface area contributed by atoms with Crippen LogP contribution < -0.4 is 0 Å². The lowest BCUT2D eigenvalue weighted by molar-refractivity contribution is -0.107. The normalized spacial score (nSPS) is 11.0. The summed E-state index contributed by atoms with van der Waals surface area (Å²) in [6.45, 7) is 2.24. The summed E-state index contributed by atoms with van der Waals surface area (Å²) in [6, 6.07) is 0. The molecule has 1 nitrogen and oxygen atoms in total. The molecule has 0 heterocycles. The van der Waals surface area contributed by atoms with E-state index in [-0.39, 0.29) is 0 Å². The second kappa shape index (κ2) is 13.4. The van der Waals surface area contributed by atoms with Crippen molar-refractivity contribution in [3.8, 4) is 0 Å². The number of rotatable bonds is 11. The topological polar surface area (TPSA) is 17.1 Å². The molecule has 0 unspecified atom stereocenters. The third kappa shape index (κ3) is 13.4. The molecule has 0 saturated carbocycles. The van der Waals surface area contributed by atoms with E-state index in [0.29, 0.717) is 0 Å². The Bertz CT molecular complexity index is 149. The molecule has 0 rings (SSSR count). The molecule has 0 aliphatic carbocycles. The first-order valence-corrected chi connectivity index (χ1v) is 6.50. The summed E-state index contributed by atoms with van der Waals surface area (Å²) in [7, 11) is 0. The van der Waals surface area contributed by atoms with Crippen molar-refractivity contribution in [3.05, 3.63) is 12.2 Å². The third-order valence-corrected chi connectivity index (χ3v) is 2.58. The van der Waals surface area contributed by atoms with Gasteiger partial charge in [-0.2, -0.15) is 0 Å². The number of allylic oxidation sites excluding steroid dienone is 2. The fourth-order valence-electron chi connectivity index (χ4n) is 1.59. The van der Waals surface area contributed by atoms with Gasteiger partial charge in [0.25, 0.3) is 0 Å². The molecule has 0 radical (unpaired) electrons. The average Bonchev–Trinajstić information content (AvgIpc) is 2.26. The van der Waals surface area contributed by atoms with Gasteiger partial charge in [-0.05, 0) is 32.1 Å². The van der Waals surface area contributed by atoms with Crippen molar-refractivity contribution in [2.45, 2.75) is 71.1 Å². The molecule has 0 saturated heterocycles. The highest BCUT2D eigenvalue weighted by molar-refractivity contribution is 5.48. The van der Waals surface area contributed by atoms with Crippen LogP contribution in [0.5, 0.6) is 0 Å². The molecule has 0 aromatic heterocycles. The molecule has 0 aliphatic heterocycles. The lowest BCUT2D eigenvalue weighted by Gasteiger charge is -1.96. The Morgan fingerprint density at radius 3 is 1.80 bits per heavy atom. The van der Waals surface area contributed by atoms with Crippen molar-refractivity contribution >= 4 is 6.29 Å². The summed E-state index contributed by atoms with van der Waals surface area (Å²) < 4.78 is 0. The summed E-state index contributed by atoms with van der Waals surface area (Å²) in [5.74, 6) is 0. The zero-order valence-corrected chi connectivity index (χ0v) is 10.2. The van der Waals surface area contributed by atoms with Gasteiger partial charge in [-0.1, -0.05) is 44.8 Å². The first kappa shape index (κ1) is 14.4. The summed E-state index contributed by atoms with van der Waals surface area (Å²) >= 11 is 0. The van der Waals surface area contributed by atoms with Crippen molar-refractivity contribution in [2.24, 2.45) is 0 Å². The Morgan fingerprint density at radius 1 is 0.733 bits per heavy atom. The van der Waals surface area contributed by atoms with Gasteiger partial charge in [0.05, 0.1) is 0 Å². The Hall–Kier alpha value is -0.590. The molecule has 0 bridgehead atoms. The minimum Gasteiger partial charge on any atom is -0.303 e. The van der Waals surface area contributed by atoms with Crippen molar-refractivity contribution in [1.29, 1.82) is 0 Å². The first-order chi connectivity index (χ1) is 7.41. The SMILES string of the molecule is CCCCCC=CCCCCCCC=O. The molecule has 1 heteroatoms. The van der Waals surface area contributed by atoms with Crippen molar-refractivity contribution < 1.29 is 4.79 Å². The van der Waals surface area contributed by atoms with Gasteiger partial charge in [-0.3, -0.25) is 0 Å². The largest absolute Gasteiger partial charge is 0.303 e. The van der Waals surface area contributed by atoms with Crippen LogP contribution in [-0.2, 0) is 4.79 Å². The molecular weight excluding hydrogens is 184 g/mol. The van der Waals surface area contributed by atoms with Crippen LogP contribution in [-0.4, -0.2) is 6.29 Å². The Labute approximate surface area is 95.0 Å². The molecule has 0 fully saturated rings. The minimum atomic E-state index is 0.743. The highest BCUT2D eigenvalue weighted by atomic mass is 16.1. The van der Waals surface area contributed by atoms with Gasteiger partial charge in [0.2, 0.25) is 0 Å². The monoisotopic (exact) mass is 210 g/mol. The van der Waals surface area contributed by atoms with E-state index in [1.807, 2.05) is 0 Å². The number of hydrogen-bond donors (Lipinski definition) is 0. The fourth-order valence-corrected chi connectivity index (χ4v) is 1.59. The van der Waals surface area contributed by atoms with E-state index >= 15 is 0 Å². The smallest absolute Gasteiger partial charge is 0.119 e. The molecule has 0 aromatic rings. The Kier molecular flexibility index (Phi) is 12.9. The molecular formula is C14H26O. The van der Waals surface area contributed by atoms with E-state index in [1.54, 1.807) is 0 Å².